The molecule has 1 aromatic carbocycles. The van der Waals surface area contributed by atoms with Crippen molar-refractivity contribution in [3.8, 4) is 11.3 Å². The highest BCUT2D eigenvalue weighted by molar-refractivity contribution is 5.93. The molecular formula is C22H25N5O3. The molecule has 2 amide bonds. The number of benzene rings is 1. The number of nitrogens with zero attached hydrogens (tertiary/aromatic N) is 4. The van der Waals surface area contributed by atoms with Crippen LogP contribution < -0.4 is 5.32 Å². The summed E-state index contributed by atoms with van der Waals surface area (Å²) in [6.07, 6.45) is 7.34. The Hall–Kier alpha value is -3.42. The van der Waals surface area contributed by atoms with Gasteiger partial charge in [-0.25, -0.2) is 4.98 Å². The Bertz CT molecular complexity index is 961. The van der Waals surface area contributed by atoms with Crippen molar-refractivity contribution >= 4 is 17.5 Å². The number of amides is 2. The normalized spacial score (nSPS) is 14.6. The van der Waals surface area contributed by atoms with Gasteiger partial charge in [-0.3, -0.25) is 14.3 Å². The molecule has 1 aliphatic heterocycles. The summed E-state index contributed by atoms with van der Waals surface area (Å²) in [5, 5.41) is 7.05. The van der Waals surface area contributed by atoms with Crippen molar-refractivity contribution < 1.29 is 14.0 Å². The van der Waals surface area contributed by atoms with Crippen LogP contribution in [-0.2, 0) is 16.1 Å². The third kappa shape index (κ3) is 4.94. The molecule has 0 saturated carbocycles. The first-order chi connectivity index (χ1) is 14.7. The minimum atomic E-state index is -0.0866. The second-order valence-electron chi connectivity index (χ2n) is 7.46. The molecule has 4 rings (SSSR count). The van der Waals surface area contributed by atoms with Gasteiger partial charge in [0.1, 0.15) is 18.4 Å². The molecule has 30 heavy (non-hydrogen) atoms. The Labute approximate surface area is 174 Å². The Morgan fingerprint density at radius 2 is 2.03 bits per heavy atom. The highest BCUT2D eigenvalue weighted by Crippen LogP contribution is 2.25. The average Bonchev–Trinajstić information content (AvgIpc) is 3.48. The first-order valence-corrected chi connectivity index (χ1v) is 10.2. The fourth-order valence-electron chi connectivity index (χ4n) is 3.73. The fraction of sp³-hybridized carbons (Fsp3) is 0.364. The number of likely N-dealkylation sites (tertiary alicyclic amines) is 1. The molecule has 3 heterocycles. The van der Waals surface area contributed by atoms with E-state index < -0.39 is 0 Å². The molecule has 1 N–H and O–H groups in total. The molecule has 1 fully saturated rings. The van der Waals surface area contributed by atoms with Crippen LogP contribution >= 0.6 is 0 Å². The highest BCUT2D eigenvalue weighted by Gasteiger charge is 2.27. The molecular weight excluding hydrogens is 382 g/mol. The van der Waals surface area contributed by atoms with Crippen LogP contribution in [0.3, 0.4) is 0 Å². The van der Waals surface area contributed by atoms with Gasteiger partial charge >= 0.3 is 0 Å². The van der Waals surface area contributed by atoms with Gasteiger partial charge in [-0.15, -0.1) is 0 Å². The number of hydrogen-bond donors (Lipinski definition) is 1. The number of carbonyl (C=O) groups excluding carboxylic acids is 2. The largest absolute Gasteiger partial charge is 0.464 e. The Morgan fingerprint density at radius 1 is 1.17 bits per heavy atom. The number of hydrogen-bond acceptors (Lipinski definition) is 5. The van der Waals surface area contributed by atoms with Gasteiger partial charge in [0, 0.05) is 43.2 Å². The SMILES string of the molecule is O=C(Nc1cccc(-c2ccco2)c1)C1CCN(C(=O)CCCn2cncn2)CC1. The lowest BCUT2D eigenvalue weighted by atomic mass is 9.95. The number of aryl methyl sites for hydroxylation is 1. The minimum absolute atomic E-state index is 0.00451. The zero-order valence-electron chi connectivity index (χ0n) is 16.7. The Balaban J connectivity index is 1.23. The van der Waals surface area contributed by atoms with E-state index in [0.29, 0.717) is 38.9 Å². The molecule has 0 atom stereocenters. The second kappa shape index (κ2) is 9.39. The van der Waals surface area contributed by atoms with Gasteiger partial charge in [0.05, 0.1) is 6.26 Å². The fourth-order valence-corrected chi connectivity index (χ4v) is 3.73. The van der Waals surface area contributed by atoms with E-state index in [4.69, 9.17) is 4.42 Å². The standard InChI is InChI=1S/C22H25N5O3/c28-21(7-2-10-27-16-23-15-24-27)26-11-8-17(9-12-26)22(29)25-19-5-1-4-18(14-19)20-6-3-13-30-20/h1,3-6,13-17H,2,7-12H2,(H,25,29). The number of piperidine rings is 1. The summed E-state index contributed by atoms with van der Waals surface area (Å²) in [4.78, 5) is 30.9. The summed E-state index contributed by atoms with van der Waals surface area (Å²) in [7, 11) is 0. The van der Waals surface area contributed by atoms with Crippen molar-refractivity contribution in [1.82, 2.24) is 19.7 Å². The second-order valence-corrected chi connectivity index (χ2v) is 7.46. The maximum absolute atomic E-state index is 12.7. The maximum atomic E-state index is 12.7. The maximum Gasteiger partial charge on any atom is 0.227 e. The van der Waals surface area contributed by atoms with Crippen LogP contribution in [0, 0.1) is 5.92 Å². The van der Waals surface area contributed by atoms with E-state index in [1.165, 1.54) is 6.33 Å². The number of nitrogens with one attached hydrogen (secondary N) is 1. The molecule has 1 aliphatic rings. The van der Waals surface area contributed by atoms with Crippen molar-refractivity contribution in [2.45, 2.75) is 32.2 Å². The van der Waals surface area contributed by atoms with Gasteiger partial charge in [0.2, 0.25) is 11.8 Å². The predicted molar refractivity (Wildman–Crippen MR) is 111 cm³/mol. The molecule has 1 saturated heterocycles. The zero-order valence-corrected chi connectivity index (χ0v) is 16.7. The van der Waals surface area contributed by atoms with E-state index in [-0.39, 0.29) is 17.7 Å². The van der Waals surface area contributed by atoms with Crippen LogP contribution in [0.5, 0.6) is 0 Å². The molecule has 0 aliphatic carbocycles. The number of carbonyl (C=O) groups is 2. The lowest BCUT2D eigenvalue weighted by molar-refractivity contribution is -0.134. The summed E-state index contributed by atoms with van der Waals surface area (Å²) in [6.45, 7) is 1.92. The topological polar surface area (TPSA) is 93.3 Å². The summed E-state index contributed by atoms with van der Waals surface area (Å²) in [6, 6.07) is 11.3. The van der Waals surface area contributed by atoms with E-state index in [0.717, 1.165) is 23.4 Å². The van der Waals surface area contributed by atoms with Crippen molar-refractivity contribution in [2.75, 3.05) is 18.4 Å². The van der Waals surface area contributed by atoms with Gasteiger partial charge in [0.15, 0.2) is 0 Å². The van der Waals surface area contributed by atoms with Crippen molar-refractivity contribution in [2.24, 2.45) is 5.92 Å². The molecule has 156 valence electrons. The molecule has 0 unspecified atom stereocenters. The van der Waals surface area contributed by atoms with E-state index in [2.05, 4.69) is 15.4 Å². The quantitative estimate of drug-likeness (QED) is 0.649. The van der Waals surface area contributed by atoms with E-state index >= 15 is 0 Å². The van der Waals surface area contributed by atoms with Crippen molar-refractivity contribution in [3.63, 3.8) is 0 Å². The van der Waals surface area contributed by atoms with Crippen molar-refractivity contribution in [3.05, 3.63) is 55.3 Å². The number of aromatic nitrogens is 3. The number of anilines is 1. The van der Waals surface area contributed by atoms with Crippen molar-refractivity contribution in [1.29, 1.82) is 0 Å². The molecule has 8 heteroatoms. The van der Waals surface area contributed by atoms with Gasteiger partial charge in [-0.1, -0.05) is 12.1 Å². The molecule has 8 nitrogen and oxygen atoms in total. The third-order valence-corrected chi connectivity index (χ3v) is 5.40. The molecule has 2 aromatic heterocycles. The lowest BCUT2D eigenvalue weighted by Crippen LogP contribution is -2.41. The molecule has 0 radical (unpaired) electrons. The monoisotopic (exact) mass is 407 g/mol. The first-order valence-electron chi connectivity index (χ1n) is 10.2. The van der Waals surface area contributed by atoms with E-state index in [9.17, 15) is 9.59 Å². The molecule has 0 spiro atoms. The highest BCUT2D eigenvalue weighted by atomic mass is 16.3. The molecule has 3 aromatic rings. The van der Waals surface area contributed by atoms with Crippen LogP contribution in [0.4, 0.5) is 5.69 Å². The minimum Gasteiger partial charge on any atom is -0.464 e. The van der Waals surface area contributed by atoms with Gasteiger partial charge in [0.25, 0.3) is 0 Å². The first kappa shape index (κ1) is 19.9. The summed E-state index contributed by atoms with van der Waals surface area (Å²) in [5.41, 5.74) is 1.67. The smallest absolute Gasteiger partial charge is 0.227 e. The third-order valence-electron chi connectivity index (χ3n) is 5.40. The van der Waals surface area contributed by atoms with Crippen LogP contribution in [0.2, 0.25) is 0 Å². The number of furan rings is 1. The zero-order chi connectivity index (χ0) is 20.8. The number of rotatable bonds is 7. The van der Waals surface area contributed by atoms with E-state index in [1.807, 2.05) is 41.3 Å². The molecule has 0 bridgehead atoms. The van der Waals surface area contributed by atoms with Crippen LogP contribution in [0.25, 0.3) is 11.3 Å². The van der Waals surface area contributed by atoms with Gasteiger partial charge in [-0.05, 0) is 43.5 Å². The Kier molecular flexibility index (Phi) is 6.22. The summed E-state index contributed by atoms with van der Waals surface area (Å²) >= 11 is 0. The van der Waals surface area contributed by atoms with Crippen LogP contribution in [0.1, 0.15) is 25.7 Å². The predicted octanol–water partition coefficient (Wildman–Crippen LogP) is 3.20. The summed E-state index contributed by atoms with van der Waals surface area (Å²) < 4.78 is 7.15. The van der Waals surface area contributed by atoms with Crippen LogP contribution in [0.15, 0.2) is 59.7 Å². The lowest BCUT2D eigenvalue weighted by Gasteiger charge is -2.31. The van der Waals surface area contributed by atoms with Gasteiger partial charge in [-0.2, -0.15) is 5.10 Å². The Morgan fingerprint density at radius 3 is 2.77 bits per heavy atom. The summed E-state index contributed by atoms with van der Waals surface area (Å²) in [5.74, 6) is 0.822. The van der Waals surface area contributed by atoms with E-state index in [1.54, 1.807) is 17.3 Å². The van der Waals surface area contributed by atoms with Crippen LogP contribution in [-0.4, -0.2) is 44.6 Å². The average molecular weight is 407 g/mol. The van der Waals surface area contributed by atoms with Gasteiger partial charge < -0.3 is 14.6 Å².